The molecule has 0 unspecified atom stereocenters. The predicted octanol–water partition coefficient (Wildman–Crippen LogP) is 4.28. The van der Waals surface area contributed by atoms with Crippen molar-refractivity contribution in [3.63, 3.8) is 0 Å². The van der Waals surface area contributed by atoms with Crippen molar-refractivity contribution in [3.8, 4) is 0 Å². The summed E-state index contributed by atoms with van der Waals surface area (Å²) in [6, 6.07) is 7.99. The van der Waals surface area contributed by atoms with Crippen LogP contribution in [0.4, 0.5) is 0 Å². The Labute approximate surface area is 158 Å². The first-order valence-electron chi connectivity index (χ1n) is 9.60. The Morgan fingerprint density at radius 2 is 1.60 bits per heavy atom. The zero-order chi connectivity index (χ0) is 18.9. The zero-order valence-electron chi connectivity index (χ0n) is 16.8. The van der Waals surface area contributed by atoms with Gasteiger partial charge in [0.05, 0.1) is 5.66 Å². The molecule has 2 heterocycles. The van der Waals surface area contributed by atoms with Gasteiger partial charge in [-0.15, -0.1) is 0 Å². The molecular weight excluding hydrogens is 330 g/mol. The number of nitrogens with one attached hydrogen (secondary N) is 1. The second kappa shape index (κ2) is 11.0. The van der Waals surface area contributed by atoms with E-state index in [4.69, 9.17) is 0 Å². The maximum Gasteiger partial charge on any atom is 0.159 e. The fourth-order valence-corrected chi connectivity index (χ4v) is 4.49. The lowest BCUT2D eigenvalue weighted by Gasteiger charge is -2.44. The maximum absolute atomic E-state index is 11.4. The third-order valence-electron chi connectivity index (χ3n) is 4.69. The fourth-order valence-electron chi connectivity index (χ4n) is 3.31. The van der Waals surface area contributed by atoms with Crippen LogP contribution in [-0.2, 0) is 0 Å². The van der Waals surface area contributed by atoms with Gasteiger partial charge in [-0.2, -0.15) is 0 Å². The highest BCUT2D eigenvalue weighted by molar-refractivity contribution is 7.97. The van der Waals surface area contributed by atoms with E-state index in [-0.39, 0.29) is 11.4 Å². The van der Waals surface area contributed by atoms with E-state index in [2.05, 4.69) is 33.7 Å². The number of Topliss-reactive ketones (excluding diaryl/α,β-unsaturated/α-hetero) is 1. The highest BCUT2D eigenvalue weighted by Gasteiger charge is 2.46. The van der Waals surface area contributed by atoms with Crippen LogP contribution in [0.15, 0.2) is 29.2 Å². The molecule has 1 spiro atoms. The number of carbonyl (C=O) groups is 1. The fraction of sp³-hybridized carbons (Fsp3) is 0.650. The van der Waals surface area contributed by atoms with Crippen LogP contribution in [0.25, 0.3) is 0 Å². The van der Waals surface area contributed by atoms with E-state index in [0.717, 1.165) is 31.7 Å². The molecule has 0 aromatic heterocycles. The molecule has 0 bridgehead atoms. The number of hydrogen-bond donors (Lipinski definition) is 1. The van der Waals surface area contributed by atoms with Crippen LogP contribution < -0.4 is 5.32 Å². The Hall–Kier alpha value is -0.880. The van der Waals surface area contributed by atoms with Crippen molar-refractivity contribution in [1.29, 1.82) is 0 Å². The van der Waals surface area contributed by atoms with Crippen LogP contribution in [0.5, 0.6) is 0 Å². The molecule has 0 atom stereocenters. The van der Waals surface area contributed by atoms with E-state index in [9.17, 15) is 4.79 Å². The Kier molecular flexibility index (Phi) is 9.72. The molecule has 4 nitrogen and oxygen atoms in total. The summed E-state index contributed by atoms with van der Waals surface area (Å²) >= 11 is 1.83. The van der Waals surface area contributed by atoms with Gasteiger partial charge in [-0.1, -0.05) is 39.8 Å². The van der Waals surface area contributed by atoms with Crippen molar-refractivity contribution in [2.75, 3.05) is 33.2 Å². The average Bonchev–Trinajstić information content (AvgIpc) is 2.95. The summed E-state index contributed by atoms with van der Waals surface area (Å²) in [7, 11) is 2.24. The summed E-state index contributed by atoms with van der Waals surface area (Å²) in [5.41, 5.74) is 0.976. The summed E-state index contributed by atoms with van der Waals surface area (Å²) < 4.78 is 2.54. The molecule has 2 aliphatic heterocycles. The third kappa shape index (κ3) is 5.30. The van der Waals surface area contributed by atoms with Crippen molar-refractivity contribution in [2.24, 2.45) is 0 Å². The maximum atomic E-state index is 11.4. The molecule has 0 aliphatic carbocycles. The smallest absolute Gasteiger partial charge is 0.159 e. The molecule has 0 radical (unpaired) electrons. The van der Waals surface area contributed by atoms with Crippen molar-refractivity contribution in [1.82, 2.24) is 14.5 Å². The molecule has 2 fully saturated rings. The van der Waals surface area contributed by atoms with E-state index < -0.39 is 0 Å². The lowest BCUT2D eigenvalue weighted by molar-refractivity contribution is 0.0572. The van der Waals surface area contributed by atoms with Gasteiger partial charge in [-0.3, -0.25) is 9.69 Å². The molecule has 1 N–H and O–H groups in total. The molecule has 0 saturated carbocycles. The van der Waals surface area contributed by atoms with Crippen molar-refractivity contribution < 1.29 is 4.79 Å². The summed E-state index contributed by atoms with van der Waals surface area (Å²) in [5.74, 6) is 0.127. The summed E-state index contributed by atoms with van der Waals surface area (Å²) in [5, 5.41) is 3.46. The molecule has 1 aromatic carbocycles. The van der Waals surface area contributed by atoms with Crippen molar-refractivity contribution >= 4 is 17.7 Å². The van der Waals surface area contributed by atoms with Gasteiger partial charge in [0.1, 0.15) is 0 Å². The lowest BCUT2D eigenvalue weighted by atomic mass is 9.98. The van der Waals surface area contributed by atoms with Gasteiger partial charge in [0, 0.05) is 23.5 Å². The molecule has 2 aliphatic rings. The number of ketones is 1. The second-order valence-electron chi connectivity index (χ2n) is 5.93. The van der Waals surface area contributed by atoms with Gasteiger partial charge in [-0.25, -0.2) is 4.31 Å². The lowest BCUT2D eigenvalue weighted by Crippen LogP contribution is -2.55. The van der Waals surface area contributed by atoms with E-state index in [1.54, 1.807) is 6.92 Å². The number of hydrogen-bond acceptors (Lipinski definition) is 5. The number of carbonyl (C=O) groups excluding carboxylic acids is 1. The topological polar surface area (TPSA) is 35.6 Å². The third-order valence-corrected chi connectivity index (χ3v) is 5.92. The first kappa shape index (κ1) is 22.2. The van der Waals surface area contributed by atoms with Crippen LogP contribution in [0.1, 0.15) is 57.8 Å². The summed E-state index contributed by atoms with van der Waals surface area (Å²) in [6.07, 6.45) is 2.34. The highest BCUT2D eigenvalue weighted by Crippen LogP contribution is 2.41. The minimum Gasteiger partial charge on any atom is -0.316 e. The van der Waals surface area contributed by atoms with Gasteiger partial charge in [0.2, 0.25) is 0 Å². The van der Waals surface area contributed by atoms with Gasteiger partial charge in [-0.05, 0) is 64.0 Å². The molecule has 0 amide bonds. The molecule has 1 aromatic rings. The van der Waals surface area contributed by atoms with Crippen molar-refractivity contribution in [2.45, 2.75) is 58.0 Å². The summed E-state index contributed by atoms with van der Waals surface area (Å²) in [4.78, 5) is 15.1. The largest absolute Gasteiger partial charge is 0.316 e. The molecule has 3 rings (SSSR count). The molecular formula is C20H35N3OS. The van der Waals surface area contributed by atoms with E-state index in [1.165, 1.54) is 17.7 Å². The van der Waals surface area contributed by atoms with Gasteiger partial charge in [0.25, 0.3) is 0 Å². The van der Waals surface area contributed by atoms with Crippen LogP contribution >= 0.6 is 11.9 Å². The van der Waals surface area contributed by atoms with Crippen LogP contribution in [-0.4, -0.2) is 53.9 Å². The van der Waals surface area contributed by atoms with Crippen LogP contribution in [0, 0.1) is 0 Å². The average molecular weight is 366 g/mol. The summed E-state index contributed by atoms with van der Waals surface area (Å²) in [6.45, 7) is 14.0. The SMILES string of the molecule is CC.CC.CC(=O)c1ccc(SN2CCN(C)C23CCNCC3)cc1. The standard InChI is InChI=1S/C16H23N3OS.2C2H6/c1-13(20)14-3-5-15(6-4-14)21-19-12-11-18(2)16(19)7-9-17-10-8-16;2*1-2/h3-6,17H,7-12H2,1-2H3;2*1-2H3. The zero-order valence-corrected chi connectivity index (χ0v) is 17.6. The Bertz CT molecular complexity index is 512. The van der Waals surface area contributed by atoms with Crippen LogP contribution in [0.2, 0.25) is 0 Å². The number of piperidine rings is 1. The Balaban J connectivity index is 0.000000730. The number of nitrogens with zero attached hydrogens (tertiary/aromatic N) is 2. The monoisotopic (exact) mass is 365 g/mol. The normalized spacial score (nSPS) is 19.6. The molecule has 5 heteroatoms. The van der Waals surface area contributed by atoms with Gasteiger partial charge < -0.3 is 5.32 Å². The quantitative estimate of drug-likeness (QED) is 0.639. The molecule has 142 valence electrons. The Morgan fingerprint density at radius 3 is 2.12 bits per heavy atom. The predicted molar refractivity (Wildman–Crippen MR) is 109 cm³/mol. The van der Waals surface area contributed by atoms with Crippen molar-refractivity contribution in [3.05, 3.63) is 29.8 Å². The molecule has 2 saturated heterocycles. The van der Waals surface area contributed by atoms with E-state index in [1.807, 2.05) is 51.8 Å². The van der Waals surface area contributed by atoms with Gasteiger partial charge >= 0.3 is 0 Å². The van der Waals surface area contributed by atoms with Crippen LogP contribution in [0.3, 0.4) is 0 Å². The molecule has 25 heavy (non-hydrogen) atoms. The highest BCUT2D eigenvalue weighted by atomic mass is 32.2. The van der Waals surface area contributed by atoms with Gasteiger partial charge in [0.15, 0.2) is 5.78 Å². The second-order valence-corrected chi connectivity index (χ2v) is 7.02. The number of benzene rings is 1. The first-order chi connectivity index (χ1) is 12.1. The minimum atomic E-state index is 0.127. The number of likely N-dealkylation sites (N-methyl/N-ethyl adjacent to an activating group) is 1. The minimum absolute atomic E-state index is 0.127. The van der Waals surface area contributed by atoms with E-state index >= 15 is 0 Å². The first-order valence-corrected chi connectivity index (χ1v) is 10.4. The number of rotatable bonds is 3. The Morgan fingerprint density at radius 1 is 1.04 bits per heavy atom. The van der Waals surface area contributed by atoms with E-state index in [0.29, 0.717) is 0 Å².